The van der Waals surface area contributed by atoms with Gasteiger partial charge in [-0.2, -0.15) is 0 Å². The van der Waals surface area contributed by atoms with Crippen LogP contribution in [-0.2, 0) is 23.8 Å². The highest BCUT2D eigenvalue weighted by Gasteiger charge is 2.65. The average molecular weight is 492 g/mol. The highest BCUT2D eigenvalue weighted by molar-refractivity contribution is 6.03. The number of pyridine rings is 1. The number of carbonyl (C=O) groups is 3. The monoisotopic (exact) mass is 491 g/mol. The van der Waals surface area contributed by atoms with Crippen LogP contribution < -0.4 is 0 Å². The number of hydrogen-bond donors (Lipinski definition) is 0. The summed E-state index contributed by atoms with van der Waals surface area (Å²) in [6, 6.07) is 4.85. The Hall–Kier alpha value is -3.68. The number of esters is 2. The Labute approximate surface area is 209 Å². The molecule has 5 rings (SSSR count). The van der Waals surface area contributed by atoms with Gasteiger partial charge in [0.2, 0.25) is 5.78 Å². The van der Waals surface area contributed by atoms with E-state index < -0.39 is 34.6 Å². The zero-order valence-electron chi connectivity index (χ0n) is 20.6. The Balaban J connectivity index is 1.57. The van der Waals surface area contributed by atoms with Crippen LogP contribution in [0.5, 0.6) is 0 Å². The van der Waals surface area contributed by atoms with E-state index in [0.717, 1.165) is 5.56 Å². The smallest absolute Gasteiger partial charge is 0.343 e. The third kappa shape index (κ3) is 3.67. The van der Waals surface area contributed by atoms with E-state index in [-0.39, 0.29) is 29.1 Å². The molecule has 6 atom stereocenters. The molecular formula is C28H29NO7. The number of methoxy groups -OCH3 is 1. The Morgan fingerprint density at radius 1 is 1.17 bits per heavy atom. The Kier molecular flexibility index (Phi) is 5.85. The van der Waals surface area contributed by atoms with E-state index in [0.29, 0.717) is 25.0 Å². The van der Waals surface area contributed by atoms with Crippen LogP contribution in [0.4, 0.5) is 0 Å². The minimum atomic E-state index is -0.758. The van der Waals surface area contributed by atoms with E-state index in [4.69, 9.17) is 18.6 Å². The predicted molar refractivity (Wildman–Crippen MR) is 127 cm³/mol. The van der Waals surface area contributed by atoms with Crippen molar-refractivity contribution >= 4 is 17.7 Å². The molecule has 1 saturated heterocycles. The second kappa shape index (κ2) is 8.76. The molecule has 0 spiro atoms. The molecule has 2 aromatic rings. The minimum absolute atomic E-state index is 0.101. The number of nitrogens with zero attached hydrogens (tertiary/aromatic N) is 1. The lowest BCUT2D eigenvalue weighted by molar-refractivity contribution is -0.174. The first-order valence-corrected chi connectivity index (χ1v) is 12.0. The first-order valence-electron chi connectivity index (χ1n) is 12.0. The van der Waals surface area contributed by atoms with E-state index in [9.17, 15) is 14.4 Å². The van der Waals surface area contributed by atoms with Gasteiger partial charge in [-0.1, -0.05) is 20.4 Å². The van der Waals surface area contributed by atoms with Gasteiger partial charge in [-0.05, 0) is 54.4 Å². The summed E-state index contributed by atoms with van der Waals surface area (Å²) in [6.45, 7) is 8.22. The fraction of sp³-hybridized carbons (Fsp3) is 0.429. The molecule has 0 bridgehead atoms. The van der Waals surface area contributed by atoms with Gasteiger partial charge in [-0.25, -0.2) is 4.79 Å². The number of allylic oxidation sites excluding steroid dienone is 2. The maximum atomic E-state index is 14.1. The van der Waals surface area contributed by atoms with Gasteiger partial charge in [0.1, 0.15) is 6.10 Å². The standard InChI is InChI=1S/C28H29NO7/c1-16-19-5-9-27(2)20(26(32)33-4)13-21(36-25(31)17-6-10-29-11-7-17)23(30)24(27)28(19,3)14-22(35-16)18-8-12-34-15-18/h6-8,10-13,15,19-20,22,24H,1,5,9,14H2,2-4H3/t19-,20-,22-,24-,27-,28-/m0/s1. The van der Waals surface area contributed by atoms with E-state index in [2.05, 4.69) is 18.5 Å². The Bertz CT molecular complexity index is 1230. The lowest BCUT2D eigenvalue weighted by atomic mass is 9.44. The van der Waals surface area contributed by atoms with Crippen molar-refractivity contribution < 1.29 is 33.0 Å². The van der Waals surface area contributed by atoms with Crippen LogP contribution >= 0.6 is 0 Å². The maximum absolute atomic E-state index is 14.1. The number of aromatic nitrogens is 1. The number of ether oxygens (including phenoxy) is 3. The number of furan rings is 1. The van der Waals surface area contributed by atoms with Crippen LogP contribution in [-0.4, -0.2) is 29.8 Å². The van der Waals surface area contributed by atoms with E-state index in [1.165, 1.54) is 37.7 Å². The van der Waals surface area contributed by atoms with Gasteiger partial charge in [0.25, 0.3) is 0 Å². The molecule has 188 valence electrons. The van der Waals surface area contributed by atoms with Crippen molar-refractivity contribution in [3.63, 3.8) is 0 Å². The van der Waals surface area contributed by atoms with Crippen molar-refractivity contribution in [2.45, 2.75) is 39.2 Å². The van der Waals surface area contributed by atoms with Crippen molar-refractivity contribution in [2.24, 2.45) is 28.6 Å². The summed E-state index contributed by atoms with van der Waals surface area (Å²) in [5.74, 6) is -2.46. The van der Waals surface area contributed by atoms with Crippen molar-refractivity contribution in [2.75, 3.05) is 7.11 Å². The zero-order valence-corrected chi connectivity index (χ0v) is 20.6. The van der Waals surface area contributed by atoms with Crippen molar-refractivity contribution in [1.82, 2.24) is 4.98 Å². The second-order valence-corrected chi connectivity index (χ2v) is 10.4. The molecule has 3 aliphatic rings. The van der Waals surface area contributed by atoms with Crippen LogP contribution in [0.1, 0.15) is 55.1 Å². The summed E-state index contributed by atoms with van der Waals surface area (Å²) < 4.78 is 22.2. The summed E-state index contributed by atoms with van der Waals surface area (Å²) in [7, 11) is 1.33. The highest BCUT2D eigenvalue weighted by Crippen LogP contribution is 2.66. The molecule has 2 aliphatic carbocycles. The van der Waals surface area contributed by atoms with Crippen molar-refractivity contribution in [1.29, 1.82) is 0 Å². The summed E-state index contributed by atoms with van der Waals surface area (Å²) in [4.78, 5) is 44.0. The van der Waals surface area contributed by atoms with Gasteiger partial charge in [0.05, 0.1) is 36.9 Å². The molecule has 1 saturated carbocycles. The number of carbonyl (C=O) groups excluding carboxylic acids is 3. The quantitative estimate of drug-likeness (QED) is 0.562. The first kappa shape index (κ1) is 24.0. The van der Waals surface area contributed by atoms with Crippen LogP contribution in [0.25, 0.3) is 0 Å². The van der Waals surface area contributed by atoms with Crippen LogP contribution in [0, 0.1) is 28.6 Å². The number of hydrogen-bond acceptors (Lipinski definition) is 8. The van der Waals surface area contributed by atoms with Gasteiger partial charge in [-0.3, -0.25) is 14.6 Å². The number of ketones is 1. The number of fused-ring (bicyclic) bond motifs is 3. The molecule has 8 nitrogen and oxygen atoms in total. The van der Waals surface area contributed by atoms with E-state index in [1.807, 2.05) is 13.0 Å². The second-order valence-electron chi connectivity index (χ2n) is 10.4. The lowest BCUT2D eigenvalue weighted by Crippen LogP contribution is -2.60. The normalized spacial score (nSPS) is 33.5. The van der Waals surface area contributed by atoms with E-state index >= 15 is 0 Å². The fourth-order valence-electron chi connectivity index (χ4n) is 6.72. The Morgan fingerprint density at radius 2 is 1.92 bits per heavy atom. The van der Waals surface area contributed by atoms with E-state index in [1.54, 1.807) is 12.5 Å². The van der Waals surface area contributed by atoms with Crippen LogP contribution in [0.3, 0.4) is 0 Å². The molecule has 0 radical (unpaired) electrons. The summed E-state index contributed by atoms with van der Waals surface area (Å²) >= 11 is 0. The molecule has 36 heavy (non-hydrogen) atoms. The molecular weight excluding hydrogens is 462 g/mol. The minimum Gasteiger partial charge on any atom is -0.490 e. The molecule has 0 amide bonds. The largest absolute Gasteiger partial charge is 0.490 e. The topological polar surface area (TPSA) is 105 Å². The Morgan fingerprint density at radius 3 is 2.58 bits per heavy atom. The molecule has 2 aromatic heterocycles. The third-order valence-corrected chi connectivity index (χ3v) is 8.42. The SMILES string of the molecule is C=C1O[C@H](c2ccoc2)C[C@]2(C)[C@H]3C(=O)C(OC(=O)c4ccncc4)=C[C@@H](C(=O)OC)[C@]3(C)CC[C@@H]12. The number of rotatable bonds is 4. The summed E-state index contributed by atoms with van der Waals surface area (Å²) in [6.07, 6.45) is 9.09. The van der Waals surface area contributed by atoms with Gasteiger partial charge < -0.3 is 18.6 Å². The molecule has 2 fully saturated rings. The van der Waals surface area contributed by atoms with Gasteiger partial charge >= 0.3 is 11.9 Å². The first-order chi connectivity index (χ1) is 17.2. The third-order valence-electron chi connectivity index (χ3n) is 8.42. The molecule has 0 N–H and O–H groups in total. The van der Waals surface area contributed by atoms with Crippen LogP contribution in [0.2, 0.25) is 0 Å². The average Bonchev–Trinajstić information content (AvgIpc) is 3.40. The lowest BCUT2D eigenvalue weighted by Gasteiger charge is -2.60. The molecule has 1 aliphatic heterocycles. The molecule has 0 aromatic carbocycles. The molecule has 0 unspecified atom stereocenters. The molecule has 8 heteroatoms. The van der Waals surface area contributed by atoms with Gasteiger partial charge in [0, 0.05) is 29.8 Å². The maximum Gasteiger partial charge on any atom is 0.343 e. The van der Waals surface area contributed by atoms with Gasteiger partial charge in [-0.15, -0.1) is 0 Å². The zero-order chi connectivity index (χ0) is 25.7. The van der Waals surface area contributed by atoms with Crippen LogP contribution in [0.15, 0.2) is 71.7 Å². The summed E-state index contributed by atoms with van der Waals surface area (Å²) in [5, 5.41) is 0. The van der Waals surface area contributed by atoms with Crippen molar-refractivity contribution in [3.05, 3.63) is 78.4 Å². The van der Waals surface area contributed by atoms with Gasteiger partial charge in [0.15, 0.2) is 5.76 Å². The number of Topliss-reactive ketones (excluding diaryl/α,β-unsaturated/α-hetero) is 1. The highest BCUT2D eigenvalue weighted by atomic mass is 16.5. The molecule has 3 heterocycles. The predicted octanol–water partition coefficient (Wildman–Crippen LogP) is 4.80. The fourth-order valence-corrected chi connectivity index (χ4v) is 6.72. The van der Waals surface area contributed by atoms with Crippen molar-refractivity contribution in [3.8, 4) is 0 Å². The summed E-state index contributed by atoms with van der Waals surface area (Å²) in [5.41, 5.74) is -0.235.